The van der Waals surface area contributed by atoms with Crippen LogP contribution in [-0.2, 0) is 27.3 Å². The Kier molecular flexibility index (Phi) is 8.67. The van der Waals surface area contributed by atoms with Gasteiger partial charge in [0.25, 0.3) is 0 Å². The molecule has 0 radical (unpaired) electrons. The van der Waals surface area contributed by atoms with Crippen molar-refractivity contribution in [1.29, 1.82) is 0 Å². The van der Waals surface area contributed by atoms with Gasteiger partial charge in [-0.25, -0.2) is 4.79 Å². The van der Waals surface area contributed by atoms with Crippen LogP contribution in [0, 0.1) is 0 Å². The van der Waals surface area contributed by atoms with Gasteiger partial charge in [-0.15, -0.1) is 12.4 Å². The normalized spacial score (nSPS) is 11.1. The van der Waals surface area contributed by atoms with Gasteiger partial charge in [-0.3, -0.25) is 4.79 Å². The lowest BCUT2D eigenvalue weighted by atomic mass is 10.0. The minimum Gasteiger partial charge on any atom is -0.465 e. The van der Waals surface area contributed by atoms with E-state index < -0.39 is 12.0 Å². The quantitative estimate of drug-likeness (QED) is 0.765. The fourth-order valence-corrected chi connectivity index (χ4v) is 2.17. The number of rotatable bonds is 7. The van der Waals surface area contributed by atoms with E-state index in [1.54, 1.807) is 31.2 Å². The lowest BCUT2D eigenvalue weighted by molar-refractivity contribution is -0.144. The van der Waals surface area contributed by atoms with Crippen LogP contribution in [0.25, 0.3) is 0 Å². The number of nitrogens with two attached hydrogens (primary N) is 1. The van der Waals surface area contributed by atoms with Crippen molar-refractivity contribution in [1.82, 2.24) is 0 Å². The zero-order valence-corrected chi connectivity index (χ0v) is 14.8. The largest absolute Gasteiger partial charge is 0.465 e. The highest BCUT2D eigenvalue weighted by atomic mass is 35.5. The molecule has 0 aliphatic carbocycles. The summed E-state index contributed by atoms with van der Waals surface area (Å²) >= 11 is 0. The van der Waals surface area contributed by atoms with Crippen molar-refractivity contribution in [2.75, 3.05) is 6.61 Å². The molecule has 2 N–H and O–H groups in total. The molecule has 25 heavy (non-hydrogen) atoms. The highest BCUT2D eigenvalue weighted by molar-refractivity contribution is 5.89. The highest BCUT2D eigenvalue weighted by Gasteiger charge is 2.15. The molecular formula is C19H22ClNO4. The number of ether oxygens (including phenoxy) is 2. The summed E-state index contributed by atoms with van der Waals surface area (Å²) < 4.78 is 10.1. The fourth-order valence-electron chi connectivity index (χ4n) is 2.17. The predicted molar refractivity (Wildman–Crippen MR) is 97.6 cm³/mol. The van der Waals surface area contributed by atoms with Crippen LogP contribution < -0.4 is 5.73 Å². The second-order valence-corrected chi connectivity index (χ2v) is 5.32. The molecule has 2 aromatic rings. The summed E-state index contributed by atoms with van der Waals surface area (Å²) in [5, 5.41) is 0. The Hall–Kier alpha value is -2.37. The molecule has 6 heteroatoms. The maximum Gasteiger partial charge on any atom is 0.338 e. The van der Waals surface area contributed by atoms with Crippen LogP contribution in [0.15, 0.2) is 54.6 Å². The molecule has 0 bridgehead atoms. The molecule has 0 amide bonds. The summed E-state index contributed by atoms with van der Waals surface area (Å²) in [6.07, 6.45) is 0.359. The van der Waals surface area contributed by atoms with Gasteiger partial charge in [0.05, 0.1) is 12.2 Å². The Morgan fingerprint density at radius 2 is 1.60 bits per heavy atom. The third-order valence-electron chi connectivity index (χ3n) is 3.45. The second-order valence-electron chi connectivity index (χ2n) is 5.32. The van der Waals surface area contributed by atoms with E-state index in [2.05, 4.69) is 0 Å². The van der Waals surface area contributed by atoms with Crippen molar-refractivity contribution in [2.24, 2.45) is 5.73 Å². The average Bonchev–Trinajstić information content (AvgIpc) is 2.61. The highest BCUT2D eigenvalue weighted by Crippen LogP contribution is 2.10. The third kappa shape index (κ3) is 6.57. The van der Waals surface area contributed by atoms with Crippen LogP contribution in [-0.4, -0.2) is 24.6 Å². The molecular weight excluding hydrogens is 342 g/mol. The predicted octanol–water partition coefficient (Wildman–Crippen LogP) is 2.90. The van der Waals surface area contributed by atoms with Crippen molar-refractivity contribution in [3.63, 3.8) is 0 Å². The van der Waals surface area contributed by atoms with E-state index in [0.29, 0.717) is 18.6 Å². The van der Waals surface area contributed by atoms with Gasteiger partial charge in [0.1, 0.15) is 12.6 Å². The molecule has 5 nitrogen and oxygen atoms in total. The molecule has 1 atom stereocenters. The summed E-state index contributed by atoms with van der Waals surface area (Å²) in [5.41, 5.74) is 8.03. The standard InChI is InChI=1S/C19H21NO4.ClH/c1-2-23-19(22)17(20)12-14-8-10-16(11-9-14)18(21)24-13-15-6-4-3-5-7-15;/h3-11,17H,2,12-13,20H2,1H3;1H/t17-;/m0./s1. The average molecular weight is 364 g/mol. The van der Waals surface area contributed by atoms with Gasteiger partial charge in [0.2, 0.25) is 0 Å². The van der Waals surface area contributed by atoms with E-state index in [1.165, 1.54) is 0 Å². The first-order valence-corrected chi connectivity index (χ1v) is 7.82. The van der Waals surface area contributed by atoms with Gasteiger partial charge in [0.15, 0.2) is 0 Å². The zero-order valence-electron chi connectivity index (χ0n) is 14.0. The molecule has 0 spiro atoms. The van der Waals surface area contributed by atoms with Crippen LogP contribution in [0.4, 0.5) is 0 Å². The monoisotopic (exact) mass is 363 g/mol. The SMILES string of the molecule is CCOC(=O)[C@@H](N)Cc1ccc(C(=O)OCc2ccccc2)cc1.Cl. The van der Waals surface area contributed by atoms with Crippen LogP contribution in [0.1, 0.15) is 28.4 Å². The molecule has 0 saturated heterocycles. The van der Waals surface area contributed by atoms with Crippen molar-refractivity contribution in [2.45, 2.75) is 26.0 Å². The number of carbonyl (C=O) groups excluding carboxylic acids is 2. The topological polar surface area (TPSA) is 78.6 Å². The van der Waals surface area contributed by atoms with Gasteiger partial charge >= 0.3 is 11.9 Å². The molecule has 2 rings (SSSR count). The lowest BCUT2D eigenvalue weighted by Crippen LogP contribution is -2.34. The van der Waals surface area contributed by atoms with E-state index in [-0.39, 0.29) is 25.0 Å². The molecule has 134 valence electrons. The van der Waals surface area contributed by atoms with E-state index >= 15 is 0 Å². The number of esters is 2. The van der Waals surface area contributed by atoms with Crippen LogP contribution in [0.3, 0.4) is 0 Å². The Balaban J connectivity index is 0.00000312. The van der Waals surface area contributed by atoms with Crippen LogP contribution in [0.5, 0.6) is 0 Å². The Labute approximate surface area is 153 Å². The van der Waals surface area contributed by atoms with Gasteiger partial charge in [-0.05, 0) is 36.6 Å². The molecule has 0 unspecified atom stereocenters. The molecule has 0 fully saturated rings. The van der Waals surface area contributed by atoms with Gasteiger partial charge in [0, 0.05) is 0 Å². The van der Waals surface area contributed by atoms with Crippen LogP contribution >= 0.6 is 12.4 Å². The maximum atomic E-state index is 12.0. The van der Waals surface area contributed by atoms with Crippen molar-refractivity contribution in [3.8, 4) is 0 Å². The van der Waals surface area contributed by atoms with Crippen molar-refractivity contribution >= 4 is 24.3 Å². The second kappa shape index (κ2) is 10.5. The first-order valence-electron chi connectivity index (χ1n) is 7.82. The maximum absolute atomic E-state index is 12.0. The van der Waals surface area contributed by atoms with Crippen LogP contribution in [0.2, 0.25) is 0 Å². The minimum atomic E-state index is -0.708. The molecule has 0 heterocycles. The molecule has 0 saturated carbocycles. The van der Waals surface area contributed by atoms with E-state index in [9.17, 15) is 9.59 Å². The van der Waals surface area contributed by atoms with E-state index in [4.69, 9.17) is 15.2 Å². The number of hydrogen-bond acceptors (Lipinski definition) is 5. The third-order valence-corrected chi connectivity index (χ3v) is 3.45. The Morgan fingerprint density at radius 1 is 0.960 bits per heavy atom. The van der Waals surface area contributed by atoms with Gasteiger partial charge in [-0.2, -0.15) is 0 Å². The summed E-state index contributed by atoms with van der Waals surface area (Å²) in [5.74, 6) is -0.816. The first-order chi connectivity index (χ1) is 11.6. The number of carbonyl (C=O) groups is 2. The van der Waals surface area contributed by atoms with E-state index in [0.717, 1.165) is 11.1 Å². The summed E-state index contributed by atoms with van der Waals surface area (Å²) in [4.78, 5) is 23.5. The van der Waals surface area contributed by atoms with Gasteiger partial charge < -0.3 is 15.2 Å². The zero-order chi connectivity index (χ0) is 17.4. The van der Waals surface area contributed by atoms with Crippen molar-refractivity contribution < 1.29 is 19.1 Å². The minimum absolute atomic E-state index is 0. The summed E-state index contributed by atoms with van der Waals surface area (Å²) in [7, 11) is 0. The molecule has 0 aliphatic heterocycles. The Morgan fingerprint density at radius 3 is 2.20 bits per heavy atom. The number of hydrogen-bond donors (Lipinski definition) is 1. The molecule has 2 aromatic carbocycles. The lowest BCUT2D eigenvalue weighted by Gasteiger charge is -2.11. The summed E-state index contributed by atoms with van der Waals surface area (Å²) in [6, 6.07) is 15.6. The molecule has 0 aromatic heterocycles. The fraction of sp³-hybridized carbons (Fsp3) is 0.263. The smallest absolute Gasteiger partial charge is 0.338 e. The van der Waals surface area contributed by atoms with Crippen molar-refractivity contribution in [3.05, 3.63) is 71.3 Å². The summed E-state index contributed by atoms with van der Waals surface area (Å²) in [6.45, 7) is 2.27. The first kappa shape index (κ1) is 20.7. The number of halogens is 1. The molecule has 0 aliphatic rings. The number of benzene rings is 2. The van der Waals surface area contributed by atoms with E-state index in [1.807, 2.05) is 30.3 Å². The van der Waals surface area contributed by atoms with Gasteiger partial charge in [-0.1, -0.05) is 42.5 Å². The Bertz CT molecular complexity index is 674.